The van der Waals surface area contributed by atoms with Crippen molar-refractivity contribution in [2.24, 2.45) is 0 Å². The van der Waals surface area contributed by atoms with Gasteiger partial charge in [-0.1, -0.05) is 17.7 Å². The van der Waals surface area contributed by atoms with Gasteiger partial charge in [0.2, 0.25) is 11.9 Å². The Morgan fingerprint density at radius 1 is 1.12 bits per heavy atom. The van der Waals surface area contributed by atoms with Crippen LogP contribution < -0.4 is 10.6 Å². The first-order valence-electron chi connectivity index (χ1n) is 8.29. The van der Waals surface area contributed by atoms with E-state index in [0.717, 1.165) is 22.5 Å². The summed E-state index contributed by atoms with van der Waals surface area (Å²) in [5.41, 5.74) is 6.36. The Labute approximate surface area is 156 Å². The summed E-state index contributed by atoms with van der Waals surface area (Å²) in [6.07, 6.45) is 1.93. The first-order chi connectivity index (χ1) is 12.5. The molecular weight excluding hydrogens is 348 g/mol. The zero-order valence-electron chi connectivity index (χ0n) is 14.4. The average molecular weight is 365 g/mol. The molecule has 0 bridgehead atoms. The van der Waals surface area contributed by atoms with Gasteiger partial charge in [-0.05, 0) is 55.3 Å². The van der Waals surface area contributed by atoms with Crippen LogP contribution in [0.5, 0.6) is 0 Å². The third-order valence-electron chi connectivity index (χ3n) is 4.49. The highest BCUT2D eigenvalue weighted by Gasteiger charge is 2.21. The minimum absolute atomic E-state index is 0.106. The fourth-order valence-corrected chi connectivity index (χ4v) is 3.14. The van der Waals surface area contributed by atoms with Crippen LogP contribution in [0.3, 0.4) is 0 Å². The number of nitrogens with one attached hydrogen (secondary N) is 2. The van der Waals surface area contributed by atoms with E-state index in [-0.39, 0.29) is 12.3 Å². The highest BCUT2D eigenvalue weighted by atomic mass is 35.5. The second kappa shape index (κ2) is 6.42. The van der Waals surface area contributed by atoms with E-state index in [9.17, 15) is 4.79 Å². The Balaban J connectivity index is 1.77. The molecule has 2 aromatic carbocycles. The monoisotopic (exact) mass is 364 g/mol. The highest BCUT2D eigenvalue weighted by molar-refractivity contribution is 6.31. The summed E-state index contributed by atoms with van der Waals surface area (Å²) in [6, 6.07) is 11.5. The Morgan fingerprint density at radius 2 is 1.96 bits per heavy atom. The van der Waals surface area contributed by atoms with Gasteiger partial charge in [-0.2, -0.15) is 0 Å². The second-order valence-corrected chi connectivity index (χ2v) is 6.84. The zero-order chi connectivity index (χ0) is 18.3. The number of halogens is 1. The van der Waals surface area contributed by atoms with Gasteiger partial charge in [-0.25, -0.2) is 9.97 Å². The van der Waals surface area contributed by atoms with Crippen molar-refractivity contribution < 1.29 is 4.79 Å². The topological polar surface area (TPSA) is 66.9 Å². The number of aryl methyl sites for hydroxylation is 2. The molecule has 3 aromatic rings. The second-order valence-electron chi connectivity index (χ2n) is 6.41. The minimum Gasteiger partial charge on any atom is -0.325 e. The summed E-state index contributed by atoms with van der Waals surface area (Å²) in [5, 5.41) is 6.69. The van der Waals surface area contributed by atoms with Crippen LogP contribution in [-0.2, 0) is 11.2 Å². The van der Waals surface area contributed by atoms with E-state index >= 15 is 0 Å². The summed E-state index contributed by atoms with van der Waals surface area (Å²) < 4.78 is 0. The van der Waals surface area contributed by atoms with Crippen LogP contribution in [-0.4, -0.2) is 15.9 Å². The van der Waals surface area contributed by atoms with Crippen LogP contribution in [0.2, 0.25) is 5.02 Å². The van der Waals surface area contributed by atoms with Crippen LogP contribution in [0.4, 0.5) is 17.3 Å². The number of aromatic nitrogens is 2. The summed E-state index contributed by atoms with van der Waals surface area (Å²) >= 11 is 6.07. The number of benzene rings is 2. The fourth-order valence-electron chi connectivity index (χ4n) is 2.97. The van der Waals surface area contributed by atoms with Crippen LogP contribution >= 0.6 is 11.6 Å². The molecule has 1 aromatic heterocycles. The standard InChI is InChI=1S/C20H17ClN4O/c1-11-3-5-15(7-12(11)2)23-20-22-10-13-8-18(26)24-17-9-14(21)4-6-16(17)19(13)25-20/h3-7,9-10H,8H2,1-2H3,(H,24,26)(H,22,23,25). The number of hydrogen-bond acceptors (Lipinski definition) is 4. The average Bonchev–Trinajstić information content (AvgIpc) is 2.73. The van der Waals surface area contributed by atoms with E-state index in [1.165, 1.54) is 11.1 Å². The Hall–Kier alpha value is -2.92. The van der Waals surface area contributed by atoms with Crippen molar-refractivity contribution in [2.75, 3.05) is 10.6 Å². The molecule has 4 rings (SSSR count). The van der Waals surface area contributed by atoms with Crippen LogP contribution in [0.1, 0.15) is 16.7 Å². The van der Waals surface area contributed by atoms with Gasteiger partial charge in [-0.3, -0.25) is 4.79 Å². The number of fused-ring (bicyclic) bond motifs is 3. The first-order valence-corrected chi connectivity index (χ1v) is 8.67. The molecule has 0 radical (unpaired) electrons. The van der Waals surface area contributed by atoms with Crippen LogP contribution in [0.25, 0.3) is 11.3 Å². The lowest BCUT2D eigenvalue weighted by Gasteiger charge is -2.11. The molecule has 0 saturated carbocycles. The lowest BCUT2D eigenvalue weighted by Crippen LogP contribution is -2.12. The number of rotatable bonds is 2. The Morgan fingerprint density at radius 3 is 2.77 bits per heavy atom. The maximum atomic E-state index is 12.1. The molecule has 0 fully saturated rings. The molecule has 1 amide bonds. The van der Waals surface area contributed by atoms with Crippen molar-refractivity contribution in [3.8, 4) is 11.3 Å². The number of carbonyl (C=O) groups excluding carboxylic acids is 1. The Kier molecular flexibility index (Phi) is 4.09. The van der Waals surface area contributed by atoms with Gasteiger partial charge in [-0.15, -0.1) is 0 Å². The van der Waals surface area contributed by atoms with Gasteiger partial charge in [0, 0.05) is 28.0 Å². The lowest BCUT2D eigenvalue weighted by atomic mass is 10.1. The maximum Gasteiger partial charge on any atom is 0.228 e. The molecule has 26 heavy (non-hydrogen) atoms. The molecule has 5 nitrogen and oxygen atoms in total. The number of carbonyl (C=O) groups is 1. The quantitative estimate of drug-likeness (QED) is 0.694. The number of nitrogens with zero attached hydrogens (tertiary/aromatic N) is 2. The van der Waals surface area contributed by atoms with Crippen molar-refractivity contribution in [3.63, 3.8) is 0 Å². The van der Waals surface area contributed by atoms with Crippen LogP contribution in [0, 0.1) is 13.8 Å². The molecule has 0 aliphatic carbocycles. The third kappa shape index (κ3) is 3.13. The normalized spacial score (nSPS) is 12.7. The van der Waals surface area contributed by atoms with E-state index in [1.807, 2.05) is 12.1 Å². The Bertz CT molecular complexity index is 1030. The van der Waals surface area contributed by atoms with Gasteiger partial charge in [0.1, 0.15) is 0 Å². The van der Waals surface area contributed by atoms with Gasteiger partial charge >= 0.3 is 0 Å². The minimum atomic E-state index is -0.106. The van der Waals surface area contributed by atoms with E-state index in [1.54, 1.807) is 18.3 Å². The molecule has 1 aliphatic heterocycles. The number of amides is 1. The largest absolute Gasteiger partial charge is 0.325 e. The molecule has 0 saturated heterocycles. The van der Waals surface area contributed by atoms with Gasteiger partial charge in [0.25, 0.3) is 0 Å². The molecular formula is C20H17ClN4O. The molecule has 0 atom stereocenters. The molecule has 2 heterocycles. The smallest absolute Gasteiger partial charge is 0.228 e. The van der Waals surface area contributed by atoms with Crippen molar-refractivity contribution >= 4 is 34.8 Å². The van der Waals surface area contributed by atoms with Crippen molar-refractivity contribution in [2.45, 2.75) is 20.3 Å². The summed E-state index contributed by atoms with van der Waals surface area (Å²) in [5.74, 6) is 0.382. The van der Waals surface area contributed by atoms with Crippen molar-refractivity contribution in [1.29, 1.82) is 0 Å². The maximum absolute atomic E-state index is 12.1. The van der Waals surface area contributed by atoms with Crippen molar-refractivity contribution in [3.05, 3.63) is 64.3 Å². The first kappa shape index (κ1) is 16.5. The fraction of sp³-hybridized carbons (Fsp3) is 0.150. The summed E-state index contributed by atoms with van der Waals surface area (Å²) in [7, 11) is 0. The van der Waals surface area contributed by atoms with E-state index in [2.05, 4.69) is 46.6 Å². The van der Waals surface area contributed by atoms with E-state index in [0.29, 0.717) is 16.7 Å². The molecule has 2 N–H and O–H groups in total. The SMILES string of the molecule is Cc1ccc(Nc2ncc3c(n2)-c2ccc(Cl)cc2NC(=O)C3)cc1C. The highest BCUT2D eigenvalue weighted by Crippen LogP contribution is 2.34. The number of hydrogen-bond donors (Lipinski definition) is 2. The molecule has 1 aliphatic rings. The van der Waals surface area contributed by atoms with E-state index in [4.69, 9.17) is 11.6 Å². The molecule has 130 valence electrons. The molecule has 6 heteroatoms. The third-order valence-corrected chi connectivity index (χ3v) is 4.72. The summed E-state index contributed by atoms with van der Waals surface area (Å²) in [4.78, 5) is 21.2. The molecule has 0 unspecified atom stereocenters. The lowest BCUT2D eigenvalue weighted by molar-refractivity contribution is -0.115. The number of anilines is 3. The molecule has 0 spiro atoms. The van der Waals surface area contributed by atoms with Crippen LogP contribution in [0.15, 0.2) is 42.6 Å². The van der Waals surface area contributed by atoms with Gasteiger partial charge in [0.15, 0.2) is 0 Å². The zero-order valence-corrected chi connectivity index (χ0v) is 15.2. The predicted molar refractivity (Wildman–Crippen MR) is 104 cm³/mol. The van der Waals surface area contributed by atoms with Crippen molar-refractivity contribution in [1.82, 2.24) is 9.97 Å². The van der Waals surface area contributed by atoms with Gasteiger partial charge in [0.05, 0.1) is 17.8 Å². The van der Waals surface area contributed by atoms with Gasteiger partial charge < -0.3 is 10.6 Å². The van der Waals surface area contributed by atoms with E-state index < -0.39 is 0 Å². The predicted octanol–water partition coefficient (Wildman–Crippen LogP) is 4.65. The summed E-state index contributed by atoms with van der Waals surface area (Å²) in [6.45, 7) is 4.14.